The summed E-state index contributed by atoms with van der Waals surface area (Å²) in [7, 11) is 1.53. The first kappa shape index (κ1) is 23.4. The third-order valence-electron chi connectivity index (χ3n) is 5.66. The number of amides is 1. The van der Waals surface area contributed by atoms with Crippen molar-refractivity contribution in [2.24, 2.45) is 0 Å². The van der Waals surface area contributed by atoms with E-state index in [1.54, 1.807) is 54.6 Å². The van der Waals surface area contributed by atoms with Crippen molar-refractivity contribution in [3.63, 3.8) is 0 Å². The van der Waals surface area contributed by atoms with Gasteiger partial charge in [0.15, 0.2) is 11.5 Å². The molecule has 0 bridgehead atoms. The maximum atomic E-state index is 13.3. The molecule has 6 nitrogen and oxygen atoms in total. The number of Topliss-reactive ketones (excluding diaryl/α,β-unsaturated/α-hetero) is 1. The van der Waals surface area contributed by atoms with Crippen LogP contribution in [0.5, 0.6) is 11.5 Å². The molecule has 1 heterocycles. The molecule has 1 amide bonds. The molecule has 3 aromatic carbocycles. The standard InChI is InChI=1S/C27H24ClNO5/c1-4-34-22-14-18(12-13-21(22)33-3)24-23(25(30)17-10-8-16(2)9-11-17)26(31)27(32)29(24)20-7-5-6-19(28)15-20/h5-15,24,30H,4H2,1-3H3/b25-23-. The number of ether oxygens (including phenoxy) is 2. The van der Waals surface area contributed by atoms with E-state index in [1.807, 2.05) is 26.0 Å². The van der Waals surface area contributed by atoms with Crippen LogP contribution in [0.4, 0.5) is 5.69 Å². The van der Waals surface area contributed by atoms with E-state index < -0.39 is 17.7 Å². The van der Waals surface area contributed by atoms with E-state index in [1.165, 1.54) is 12.0 Å². The van der Waals surface area contributed by atoms with Gasteiger partial charge in [-0.25, -0.2) is 0 Å². The van der Waals surface area contributed by atoms with E-state index in [0.29, 0.717) is 39.9 Å². The van der Waals surface area contributed by atoms with Gasteiger partial charge in [0.1, 0.15) is 5.76 Å². The first-order valence-electron chi connectivity index (χ1n) is 10.8. The summed E-state index contributed by atoms with van der Waals surface area (Å²) in [6, 6.07) is 18.1. The van der Waals surface area contributed by atoms with Gasteiger partial charge in [-0.1, -0.05) is 53.6 Å². The van der Waals surface area contributed by atoms with Gasteiger partial charge in [0.05, 0.1) is 25.3 Å². The van der Waals surface area contributed by atoms with E-state index in [9.17, 15) is 14.7 Å². The number of benzene rings is 3. The van der Waals surface area contributed by atoms with Crippen LogP contribution in [0.1, 0.15) is 29.7 Å². The number of halogens is 1. The van der Waals surface area contributed by atoms with E-state index in [-0.39, 0.29) is 11.3 Å². The summed E-state index contributed by atoms with van der Waals surface area (Å²) in [4.78, 5) is 27.9. The highest BCUT2D eigenvalue weighted by Gasteiger charge is 2.47. The van der Waals surface area contributed by atoms with Gasteiger partial charge in [-0.05, 0) is 49.7 Å². The van der Waals surface area contributed by atoms with Gasteiger partial charge in [0, 0.05) is 16.3 Å². The molecule has 174 valence electrons. The van der Waals surface area contributed by atoms with Crippen LogP contribution < -0.4 is 14.4 Å². The summed E-state index contributed by atoms with van der Waals surface area (Å²) < 4.78 is 11.1. The van der Waals surface area contributed by atoms with Crippen molar-refractivity contribution < 1.29 is 24.2 Å². The molecule has 4 rings (SSSR count). The van der Waals surface area contributed by atoms with Crippen LogP contribution in [-0.2, 0) is 9.59 Å². The largest absolute Gasteiger partial charge is 0.507 e. The van der Waals surface area contributed by atoms with Crippen molar-refractivity contribution in [2.75, 3.05) is 18.6 Å². The first-order chi connectivity index (χ1) is 16.3. The average Bonchev–Trinajstić information content (AvgIpc) is 3.09. The summed E-state index contributed by atoms with van der Waals surface area (Å²) in [5.74, 6) is -0.799. The predicted molar refractivity (Wildman–Crippen MR) is 132 cm³/mol. The van der Waals surface area contributed by atoms with Crippen LogP contribution in [0.25, 0.3) is 5.76 Å². The number of anilines is 1. The van der Waals surface area contributed by atoms with Gasteiger partial charge >= 0.3 is 0 Å². The number of nitrogens with zero attached hydrogens (tertiary/aromatic N) is 1. The number of hydrogen-bond donors (Lipinski definition) is 1. The Morgan fingerprint density at radius 1 is 1.03 bits per heavy atom. The molecule has 0 saturated carbocycles. The molecule has 34 heavy (non-hydrogen) atoms. The maximum Gasteiger partial charge on any atom is 0.300 e. The highest BCUT2D eigenvalue weighted by molar-refractivity contribution is 6.51. The molecule has 0 spiro atoms. The molecule has 1 aliphatic heterocycles. The van der Waals surface area contributed by atoms with Gasteiger partial charge < -0.3 is 14.6 Å². The molecule has 1 N–H and O–H groups in total. The van der Waals surface area contributed by atoms with Crippen LogP contribution in [0.3, 0.4) is 0 Å². The van der Waals surface area contributed by atoms with Crippen LogP contribution in [0, 0.1) is 6.92 Å². The van der Waals surface area contributed by atoms with Gasteiger partial charge in [-0.3, -0.25) is 14.5 Å². The van der Waals surface area contributed by atoms with Crippen LogP contribution in [0.2, 0.25) is 5.02 Å². The third kappa shape index (κ3) is 4.24. The number of carbonyl (C=O) groups excluding carboxylic acids is 2. The Hall–Kier alpha value is -3.77. The molecule has 1 aliphatic rings. The van der Waals surface area contributed by atoms with Gasteiger partial charge in [0.25, 0.3) is 11.7 Å². The fraction of sp³-hybridized carbons (Fsp3) is 0.185. The summed E-state index contributed by atoms with van der Waals surface area (Å²) in [5, 5.41) is 11.6. The second-order valence-corrected chi connectivity index (χ2v) is 8.29. The summed E-state index contributed by atoms with van der Waals surface area (Å²) in [5.41, 5.74) is 2.46. The molecule has 0 aromatic heterocycles. The Balaban J connectivity index is 1.96. The van der Waals surface area contributed by atoms with Crippen molar-refractivity contribution in [1.29, 1.82) is 0 Å². The maximum absolute atomic E-state index is 13.3. The Labute approximate surface area is 203 Å². The van der Waals surface area contributed by atoms with Crippen LogP contribution in [0.15, 0.2) is 72.3 Å². The second kappa shape index (κ2) is 9.61. The number of methoxy groups -OCH3 is 1. The predicted octanol–water partition coefficient (Wildman–Crippen LogP) is 5.68. The zero-order valence-corrected chi connectivity index (χ0v) is 19.8. The molecule has 3 aromatic rings. The first-order valence-corrected chi connectivity index (χ1v) is 11.2. The van der Waals surface area contributed by atoms with E-state index in [0.717, 1.165) is 5.56 Å². The lowest BCUT2D eigenvalue weighted by Crippen LogP contribution is -2.29. The van der Waals surface area contributed by atoms with Crippen LogP contribution in [-0.4, -0.2) is 30.5 Å². The highest BCUT2D eigenvalue weighted by Crippen LogP contribution is 2.44. The lowest BCUT2D eigenvalue weighted by Gasteiger charge is -2.26. The minimum Gasteiger partial charge on any atom is -0.507 e. The number of rotatable bonds is 6. The monoisotopic (exact) mass is 477 g/mol. The molecule has 1 atom stereocenters. The van der Waals surface area contributed by atoms with Crippen molar-refractivity contribution in [3.8, 4) is 11.5 Å². The quantitative estimate of drug-likeness (QED) is 0.281. The van der Waals surface area contributed by atoms with E-state index in [4.69, 9.17) is 21.1 Å². The molecule has 7 heteroatoms. The number of ketones is 1. The summed E-state index contributed by atoms with van der Waals surface area (Å²) in [6.07, 6.45) is 0. The minimum atomic E-state index is -0.898. The zero-order chi connectivity index (χ0) is 24.4. The number of aryl methyl sites for hydroxylation is 1. The highest BCUT2D eigenvalue weighted by atomic mass is 35.5. The minimum absolute atomic E-state index is 0.0126. The zero-order valence-electron chi connectivity index (χ0n) is 19.0. The average molecular weight is 478 g/mol. The Kier molecular flexibility index (Phi) is 6.61. The van der Waals surface area contributed by atoms with Crippen molar-refractivity contribution >= 4 is 34.7 Å². The Morgan fingerprint density at radius 2 is 1.76 bits per heavy atom. The SMILES string of the molecule is CCOc1cc(C2/C(=C(/O)c3ccc(C)cc3)C(=O)C(=O)N2c2cccc(Cl)c2)ccc1OC. The van der Waals surface area contributed by atoms with E-state index in [2.05, 4.69) is 0 Å². The third-order valence-corrected chi connectivity index (χ3v) is 5.89. The number of carbonyl (C=O) groups is 2. The molecule has 0 radical (unpaired) electrons. The topological polar surface area (TPSA) is 76.1 Å². The van der Waals surface area contributed by atoms with Gasteiger partial charge in [0.2, 0.25) is 0 Å². The second-order valence-electron chi connectivity index (χ2n) is 7.86. The number of aliphatic hydroxyl groups is 1. The molecule has 0 aliphatic carbocycles. The van der Waals surface area contributed by atoms with Crippen molar-refractivity contribution in [3.05, 3.63) is 94.0 Å². The molecular formula is C27H24ClNO5. The Morgan fingerprint density at radius 3 is 2.41 bits per heavy atom. The number of aliphatic hydroxyl groups excluding tert-OH is 1. The Bertz CT molecular complexity index is 1280. The summed E-state index contributed by atoms with van der Waals surface area (Å²) >= 11 is 6.20. The molecular weight excluding hydrogens is 454 g/mol. The molecule has 1 fully saturated rings. The fourth-order valence-electron chi connectivity index (χ4n) is 4.04. The van der Waals surface area contributed by atoms with Crippen molar-refractivity contribution in [1.82, 2.24) is 0 Å². The lowest BCUT2D eigenvalue weighted by molar-refractivity contribution is -0.132. The van der Waals surface area contributed by atoms with Crippen molar-refractivity contribution in [2.45, 2.75) is 19.9 Å². The summed E-state index contributed by atoms with van der Waals surface area (Å²) in [6.45, 7) is 4.17. The lowest BCUT2D eigenvalue weighted by atomic mass is 9.94. The smallest absolute Gasteiger partial charge is 0.300 e. The van der Waals surface area contributed by atoms with Gasteiger partial charge in [-0.2, -0.15) is 0 Å². The van der Waals surface area contributed by atoms with Gasteiger partial charge in [-0.15, -0.1) is 0 Å². The molecule has 1 unspecified atom stereocenters. The van der Waals surface area contributed by atoms with Crippen LogP contribution >= 0.6 is 11.6 Å². The normalized spacial score (nSPS) is 17.2. The van der Waals surface area contributed by atoms with E-state index >= 15 is 0 Å². The number of hydrogen-bond acceptors (Lipinski definition) is 5. The fourth-order valence-corrected chi connectivity index (χ4v) is 4.22. The molecule has 1 saturated heterocycles.